The Morgan fingerprint density at radius 3 is 2.44 bits per heavy atom. The Morgan fingerprint density at radius 2 is 1.83 bits per heavy atom. The Morgan fingerprint density at radius 1 is 1.17 bits per heavy atom. The van der Waals surface area contributed by atoms with Gasteiger partial charge in [-0.1, -0.05) is 30.4 Å². The molecule has 0 saturated heterocycles. The van der Waals surface area contributed by atoms with Crippen LogP contribution in [0.25, 0.3) is 10.9 Å². The van der Waals surface area contributed by atoms with Crippen molar-refractivity contribution in [2.45, 2.75) is 24.8 Å². The molecule has 0 atom stereocenters. The lowest BCUT2D eigenvalue weighted by Gasteiger charge is -2.26. The summed E-state index contributed by atoms with van der Waals surface area (Å²) in [4.78, 5) is 3.42. The second kappa shape index (κ2) is 5.23. The predicted molar refractivity (Wildman–Crippen MR) is 78.5 cm³/mol. The van der Waals surface area contributed by atoms with Crippen molar-refractivity contribution < 1.29 is 0 Å². The number of fused-ring (bicyclic) bond motifs is 1. The van der Waals surface area contributed by atoms with Crippen molar-refractivity contribution in [3.05, 3.63) is 61.3 Å². The number of para-hydroxylation sites is 1. The van der Waals surface area contributed by atoms with Gasteiger partial charge in [-0.2, -0.15) is 0 Å². The topological polar surface area (TPSA) is 41.8 Å². The lowest BCUT2D eigenvalue weighted by molar-refractivity contribution is 0.428. The van der Waals surface area contributed by atoms with Gasteiger partial charge in [0.05, 0.1) is 0 Å². The minimum absolute atomic E-state index is 0.287. The Bertz CT molecular complexity index is 508. The van der Waals surface area contributed by atoms with E-state index in [0.29, 0.717) is 0 Å². The summed E-state index contributed by atoms with van der Waals surface area (Å²) in [6.45, 7) is 7.58. The summed E-state index contributed by atoms with van der Waals surface area (Å²) in [6.07, 6.45) is 6.14. The molecule has 0 fully saturated rings. The average molecular weight is 240 g/mol. The van der Waals surface area contributed by atoms with Crippen LogP contribution in [0, 0.1) is 0 Å². The summed E-state index contributed by atoms with van der Waals surface area (Å²) in [7, 11) is 0. The molecule has 0 amide bonds. The molecule has 3 N–H and O–H groups in total. The van der Waals surface area contributed by atoms with Gasteiger partial charge in [-0.3, -0.25) is 0 Å². The van der Waals surface area contributed by atoms with Crippen molar-refractivity contribution in [2.24, 2.45) is 5.73 Å². The summed E-state index contributed by atoms with van der Waals surface area (Å²) in [6, 6.07) is 10.4. The standard InChI is InChI=1S/C16H20N2/c1-3-9-16(17,10-4-2)12-14-11-13-7-5-6-8-15(13)18-14/h3-8,11,18H,1-2,9-10,12,17H2. The van der Waals surface area contributed by atoms with Crippen LogP contribution < -0.4 is 5.73 Å². The van der Waals surface area contributed by atoms with Gasteiger partial charge in [0.1, 0.15) is 0 Å². The summed E-state index contributed by atoms with van der Waals surface area (Å²) in [5.74, 6) is 0. The van der Waals surface area contributed by atoms with Crippen molar-refractivity contribution in [3.63, 3.8) is 0 Å². The lowest BCUT2D eigenvalue weighted by Crippen LogP contribution is -2.41. The fraction of sp³-hybridized carbons (Fsp3) is 0.250. The highest BCUT2D eigenvalue weighted by atomic mass is 14.8. The number of hydrogen-bond acceptors (Lipinski definition) is 1. The molecular formula is C16H20N2. The largest absolute Gasteiger partial charge is 0.358 e. The van der Waals surface area contributed by atoms with E-state index >= 15 is 0 Å². The monoisotopic (exact) mass is 240 g/mol. The van der Waals surface area contributed by atoms with Crippen LogP contribution in [0.1, 0.15) is 18.5 Å². The third kappa shape index (κ3) is 2.71. The number of H-pyrrole nitrogens is 1. The van der Waals surface area contributed by atoms with E-state index in [-0.39, 0.29) is 5.54 Å². The first-order valence-electron chi connectivity index (χ1n) is 6.24. The van der Waals surface area contributed by atoms with Crippen LogP contribution in [0.4, 0.5) is 0 Å². The molecule has 0 aliphatic heterocycles. The molecule has 2 rings (SSSR count). The molecule has 0 aliphatic carbocycles. The smallest absolute Gasteiger partial charge is 0.0456 e. The number of hydrogen-bond donors (Lipinski definition) is 2. The minimum atomic E-state index is -0.287. The van der Waals surface area contributed by atoms with E-state index in [1.54, 1.807) is 0 Å². The molecule has 18 heavy (non-hydrogen) atoms. The van der Waals surface area contributed by atoms with Crippen LogP contribution in [0.5, 0.6) is 0 Å². The van der Waals surface area contributed by atoms with Crippen molar-refractivity contribution in [1.29, 1.82) is 0 Å². The highest BCUT2D eigenvalue weighted by Gasteiger charge is 2.23. The molecule has 0 unspecified atom stereocenters. The second-order valence-corrected chi connectivity index (χ2v) is 4.91. The van der Waals surface area contributed by atoms with Gasteiger partial charge in [0, 0.05) is 23.2 Å². The van der Waals surface area contributed by atoms with Crippen molar-refractivity contribution >= 4 is 10.9 Å². The number of aromatic nitrogens is 1. The van der Waals surface area contributed by atoms with Crippen molar-refractivity contribution in [3.8, 4) is 0 Å². The maximum atomic E-state index is 6.41. The number of rotatable bonds is 6. The third-order valence-corrected chi connectivity index (χ3v) is 3.23. The van der Waals surface area contributed by atoms with Gasteiger partial charge in [-0.25, -0.2) is 0 Å². The molecule has 2 nitrogen and oxygen atoms in total. The molecule has 2 aromatic rings. The van der Waals surface area contributed by atoms with Crippen molar-refractivity contribution in [2.75, 3.05) is 0 Å². The van der Waals surface area contributed by atoms with E-state index in [1.807, 2.05) is 24.3 Å². The molecule has 1 aromatic heterocycles. The zero-order valence-corrected chi connectivity index (χ0v) is 10.7. The molecule has 0 aliphatic rings. The molecule has 94 valence electrons. The third-order valence-electron chi connectivity index (χ3n) is 3.23. The zero-order chi connectivity index (χ0) is 13.0. The quantitative estimate of drug-likeness (QED) is 0.745. The van der Waals surface area contributed by atoms with Crippen LogP contribution in [0.15, 0.2) is 55.6 Å². The minimum Gasteiger partial charge on any atom is -0.358 e. The van der Waals surface area contributed by atoms with Gasteiger partial charge in [0.15, 0.2) is 0 Å². The van der Waals surface area contributed by atoms with Crippen LogP contribution in [-0.2, 0) is 6.42 Å². The normalized spacial score (nSPS) is 11.6. The van der Waals surface area contributed by atoms with Gasteiger partial charge in [0.25, 0.3) is 0 Å². The molecule has 1 heterocycles. The van der Waals surface area contributed by atoms with Gasteiger partial charge >= 0.3 is 0 Å². The first kappa shape index (κ1) is 12.7. The van der Waals surface area contributed by atoms with E-state index < -0.39 is 0 Å². The summed E-state index contributed by atoms with van der Waals surface area (Å²) >= 11 is 0. The second-order valence-electron chi connectivity index (χ2n) is 4.91. The van der Waals surface area contributed by atoms with Crippen LogP contribution in [0.3, 0.4) is 0 Å². The molecular weight excluding hydrogens is 220 g/mol. The predicted octanol–water partition coefficient (Wildman–Crippen LogP) is 3.56. The SMILES string of the molecule is C=CCC(N)(CC=C)Cc1cc2ccccc2[nH]1. The van der Waals surface area contributed by atoms with Gasteiger partial charge < -0.3 is 10.7 Å². The highest BCUT2D eigenvalue weighted by Crippen LogP contribution is 2.22. The highest BCUT2D eigenvalue weighted by molar-refractivity contribution is 5.80. The number of nitrogens with two attached hydrogens (primary N) is 1. The maximum absolute atomic E-state index is 6.41. The van der Waals surface area contributed by atoms with Gasteiger partial charge in [-0.05, 0) is 30.4 Å². The Balaban J connectivity index is 2.25. The number of benzene rings is 1. The fourth-order valence-electron chi connectivity index (χ4n) is 2.41. The first-order valence-corrected chi connectivity index (χ1v) is 6.24. The van der Waals surface area contributed by atoms with Crippen LogP contribution >= 0.6 is 0 Å². The zero-order valence-electron chi connectivity index (χ0n) is 10.7. The maximum Gasteiger partial charge on any atom is 0.0456 e. The van der Waals surface area contributed by atoms with Crippen LogP contribution in [-0.4, -0.2) is 10.5 Å². The summed E-state index contributed by atoms with van der Waals surface area (Å²) in [5, 5.41) is 1.23. The van der Waals surface area contributed by atoms with Crippen molar-refractivity contribution in [1.82, 2.24) is 4.98 Å². The molecule has 1 aromatic carbocycles. The van der Waals surface area contributed by atoms with E-state index in [9.17, 15) is 0 Å². The fourth-order valence-corrected chi connectivity index (χ4v) is 2.41. The molecule has 0 saturated carbocycles. The Kier molecular flexibility index (Phi) is 3.68. The van der Waals surface area contributed by atoms with Gasteiger partial charge in [0.2, 0.25) is 0 Å². The van der Waals surface area contributed by atoms with Crippen LogP contribution in [0.2, 0.25) is 0 Å². The summed E-state index contributed by atoms with van der Waals surface area (Å²) < 4.78 is 0. The van der Waals surface area contributed by atoms with E-state index in [4.69, 9.17) is 5.73 Å². The molecule has 0 radical (unpaired) electrons. The van der Waals surface area contributed by atoms with E-state index in [2.05, 4.69) is 36.3 Å². The first-order chi connectivity index (χ1) is 8.67. The number of aromatic amines is 1. The molecule has 0 bridgehead atoms. The molecule has 2 heteroatoms. The lowest BCUT2D eigenvalue weighted by atomic mass is 9.87. The number of nitrogens with one attached hydrogen (secondary N) is 1. The Hall–Kier alpha value is -1.80. The molecule has 0 spiro atoms. The van der Waals surface area contributed by atoms with E-state index in [1.165, 1.54) is 11.1 Å². The Labute approximate surface area is 108 Å². The van der Waals surface area contributed by atoms with E-state index in [0.717, 1.165) is 24.8 Å². The van der Waals surface area contributed by atoms with Gasteiger partial charge in [-0.15, -0.1) is 13.2 Å². The average Bonchev–Trinajstić information content (AvgIpc) is 2.70. The summed E-state index contributed by atoms with van der Waals surface area (Å²) in [5.41, 5.74) is 8.45.